The van der Waals surface area contributed by atoms with Gasteiger partial charge in [-0.3, -0.25) is 4.98 Å². The molecule has 0 bridgehead atoms. The zero-order valence-corrected chi connectivity index (χ0v) is 11.3. The summed E-state index contributed by atoms with van der Waals surface area (Å²) in [6, 6.07) is 8.07. The first-order valence-electron chi connectivity index (χ1n) is 6.51. The van der Waals surface area contributed by atoms with Gasteiger partial charge < -0.3 is 10.6 Å². The minimum absolute atomic E-state index is 0.367. The van der Waals surface area contributed by atoms with E-state index in [1.54, 1.807) is 12.4 Å². The van der Waals surface area contributed by atoms with Crippen molar-refractivity contribution in [2.75, 3.05) is 10.6 Å². The number of pyridine rings is 1. The lowest BCUT2D eigenvalue weighted by atomic mass is 10.3. The van der Waals surface area contributed by atoms with Gasteiger partial charge in [-0.15, -0.1) is 0 Å². The number of rotatable bonds is 6. The summed E-state index contributed by atoms with van der Waals surface area (Å²) in [4.78, 5) is 12.9. The van der Waals surface area contributed by atoms with Crippen LogP contribution in [-0.4, -0.2) is 21.0 Å². The van der Waals surface area contributed by atoms with Crippen LogP contribution in [0.1, 0.15) is 26.0 Å². The zero-order valence-electron chi connectivity index (χ0n) is 11.3. The topological polar surface area (TPSA) is 62.7 Å². The average Bonchev–Trinajstić information content (AvgIpc) is 2.46. The molecule has 5 heteroatoms. The van der Waals surface area contributed by atoms with Crippen molar-refractivity contribution in [3.63, 3.8) is 0 Å². The van der Waals surface area contributed by atoms with Gasteiger partial charge in [0.2, 0.25) is 5.95 Å². The second-order valence-corrected chi connectivity index (χ2v) is 4.39. The second kappa shape index (κ2) is 6.68. The maximum atomic E-state index is 4.41. The lowest BCUT2D eigenvalue weighted by Crippen LogP contribution is -2.16. The fraction of sp³-hybridized carbons (Fsp3) is 0.357. The Labute approximate surface area is 113 Å². The molecule has 0 radical (unpaired) electrons. The second-order valence-electron chi connectivity index (χ2n) is 4.39. The van der Waals surface area contributed by atoms with Gasteiger partial charge in [0.05, 0.1) is 12.2 Å². The third-order valence-electron chi connectivity index (χ3n) is 2.82. The Kier molecular flexibility index (Phi) is 4.66. The lowest BCUT2D eigenvalue weighted by Gasteiger charge is -2.12. The van der Waals surface area contributed by atoms with Crippen LogP contribution in [0.15, 0.2) is 36.7 Å². The van der Waals surface area contributed by atoms with Gasteiger partial charge in [-0.25, -0.2) is 4.98 Å². The van der Waals surface area contributed by atoms with E-state index in [1.807, 2.05) is 24.3 Å². The molecule has 0 fully saturated rings. The molecule has 0 aliphatic rings. The average molecular weight is 257 g/mol. The summed E-state index contributed by atoms with van der Waals surface area (Å²) in [7, 11) is 0. The highest BCUT2D eigenvalue weighted by molar-refractivity contribution is 5.40. The Balaban J connectivity index is 1.95. The molecule has 2 aromatic rings. The fourth-order valence-electron chi connectivity index (χ4n) is 1.53. The molecular weight excluding hydrogens is 238 g/mol. The first kappa shape index (κ1) is 13.3. The standard InChI is InChI=1S/C14H19N5/c1-3-11(2)18-14-16-9-7-13(19-14)17-10-12-6-4-5-8-15-12/h4-9,11H,3,10H2,1-2H3,(H2,16,17,18,19). The van der Waals surface area contributed by atoms with Gasteiger partial charge in [0.1, 0.15) is 5.82 Å². The molecule has 0 saturated heterocycles. The summed E-state index contributed by atoms with van der Waals surface area (Å²) in [5, 5.41) is 6.49. The summed E-state index contributed by atoms with van der Waals surface area (Å²) in [5.41, 5.74) is 0.984. The van der Waals surface area contributed by atoms with E-state index in [0.717, 1.165) is 17.9 Å². The lowest BCUT2D eigenvalue weighted by molar-refractivity contribution is 0.753. The van der Waals surface area contributed by atoms with E-state index in [2.05, 4.69) is 39.4 Å². The van der Waals surface area contributed by atoms with Crippen molar-refractivity contribution in [1.29, 1.82) is 0 Å². The molecule has 1 atom stereocenters. The van der Waals surface area contributed by atoms with Crippen molar-refractivity contribution in [1.82, 2.24) is 15.0 Å². The van der Waals surface area contributed by atoms with Crippen LogP contribution in [0.3, 0.4) is 0 Å². The molecule has 19 heavy (non-hydrogen) atoms. The van der Waals surface area contributed by atoms with Crippen molar-refractivity contribution >= 4 is 11.8 Å². The summed E-state index contributed by atoms with van der Waals surface area (Å²) in [6.07, 6.45) is 4.57. The molecule has 0 spiro atoms. The minimum Gasteiger partial charge on any atom is -0.364 e. The van der Waals surface area contributed by atoms with Crippen LogP contribution in [-0.2, 0) is 6.54 Å². The molecule has 2 aromatic heterocycles. The smallest absolute Gasteiger partial charge is 0.224 e. The molecule has 2 rings (SSSR count). The predicted octanol–water partition coefficient (Wildman–Crippen LogP) is 2.69. The molecule has 0 aromatic carbocycles. The van der Waals surface area contributed by atoms with Gasteiger partial charge in [-0.05, 0) is 31.5 Å². The maximum Gasteiger partial charge on any atom is 0.224 e. The first-order valence-corrected chi connectivity index (χ1v) is 6.51. The van der Waals surface area contributed by atoms with Gasteiger partial charge in [0, 0.05) is 18.4 Å². The molecule has 5 nitrogen and oxygen atoms in total. The molecule has 0 aliphatic heterocycles. The van der Waals surface area contributed by atoms with Crippen LogP contribution < -0.4 is 10.6 Å². The molecule has 0 aliphatic carbocycles. The number of hydrogen-bond donors (Lipinski definition) is 2. The summed E-state index contributed by atoms with van der Waals surface area (Å²) < 4.78 is 0. The van der Waals surface area contributed by atoms with E-state index in [1.165, 1.54) is 0 Å². The van der Waals surface area contributed by atoms with Crippen molar-refractivity contribution in [3.8, 4) is 0 Å². The van der Waals surface area contributed by atoms with E-state index >= 15 is 0 Å². The van der Waals surface area contributed by atoms with Crippen molar-refractivity contribution in [3.05, 3.63) is 42.4 Å². The Morgan fingerprint density at radius 1 is 1.16 bits per heavy atom. The Morgan fingerprint density at radius 2 is 2.05 bits per heavy atom. The van der Waals surface area contributed by atoms with E-state index in [4.69, 9.17) is 0 Å². The molecule has 0 saturated carbocycles. The van der Waals surface area contributed by atoms with E-state index in [-0.39, 0.29) is 0 Å². The Hall–Kier alpha value is -2.17. The zero-order chi connectivity index (χ0) is 13.5. The molecular formula is C14H19N5. The first-order chi connectivity index (χ1) is 9.28. The number of nitrogens with zero attached hydrogens (tertiary/aromatic N) is 3. The highest BCUT2D eigenvalue weighted by Crippen LogP contribution is 2.08. The van der Waals surface area contributed by atoms with Gasteiger partial charge >= 0.3 is 0 Å². The molecule has 100 valence electrons. The number of aromatic nitrogens is 3. The van der Waals surface area contributed by atoms with Crippen LogP contribution in [0, 0.1) is 0 Å². The van der Waals surface area contributed by atoms with Crippen molar-refractivity contribution in [2.24, 2.45) is 0 Å². The molecule has 1 unspecified atom stereocenters. The Morgan fingerprint density at radius 3 is 2.79 bits per heavy atom. The van der Waals surface area contributed by atoms with Gasteiger partial charge in [0.25, 0.3) is 0 Å². The quantitative estimate of drug-likeness (QED) is 0.833. The van der Waals surface area contributed by atoms with Crippen LogP contribution in [0.2, 0.25) is 0 Å². The molecule has 0 amide bonds. The predicted molar refractivity (Wildman–Crippen MR) is 77.0 cm³/mol. The van der Waals surface area contributed by atoms with Gasteiger partial charge in [-0.2, -0.15) is 4.98 Å². The highest BCUT2D eigenvalue weighted by atomic mass is 15.1. The van der Waals surface area contributed by atoms with Crippen LogP contribution in [0.25, 0.3) is 0 Å². The number of hydrogen-bond acceptors (Lipinski definition) is 5. The van der Waals surface area contributed by atoms with E-state index in [9.17, 15) is 0 Å². The monoisotopic (exact) mass is 257 g/mol. The van der Waals surface area contributed by atoms with E-state index < -0.39 is 0 Å². The normalized spacial score (nSPS) is 11.9. The minimum atomic E-state index is 0.367. The fourth-order valence-corrected chi connectivity index (χ4v) is 1.53. The van der Waals surface area contributed by atoms with Crippen LogP contribution >= 0.6 is 0 Å². The number of anilines is 2. The van der Waals surface area contributed by atoms with Crippen LogP contribution in [0.5, 0.6) is 0 Å². The largest absolute Gasteiger partial charge is 0.364 e. The summed E-state index contributed by atoms with van der Waals surface area (Å²) in [6.45, 7) is 4.89. The third-order valence-corrected chi connectivity index (χ3v) is 2.82. The van der Waals surface area contributed by atoms with Crippen LogP contribution in [0.4, 0.5) is 11.8 Å². The van der Waals surface area contributed by atoms with E-state index in [0.29, 0.717) is 18.5 Å². The van der Waals surface area contributed by atoms with Crippen molar-refractivity contribution in [2.45, 2.75) is 32.9 Å². The van der Waals surface area contributed by atoms with Crippen molar-refractivity contribution < 1.29 is 0 Å². The number of nitrogens with one attached hydrogen (secondary N) is 2. The summed E-state index contributed by atoms with van der Waals surface area (Å²) in [5.74, 6) is 1.45. The molecule has 2 N–H and O–H groups in total. The summed E-state index contributed by atoms with van der Waals surface area (Å²) >= 11 is 0. The van der Waals surface area contributed by atoms with Gasteiger partial charge in [0.15, 0.2) is 0 Å². The van der Waals surface area contributed by atoms with Gasteiger partial charge in [-0.1, -0.05) is 13.0 Å². The Bertz CT molecular complexity index is 500. The maximum absolute atomic E-state index is 4.41. The highest BCUT2D eigenvalue weighted by Gasteiger charge is 2.02. The SMILES string of the molecule is CCC(C)Nc1nccc(NCc2ccccn2)n1. The third kappa shape index (κ3) is 4.21. The molecule has 2 heterocycles.